The first-order chi connectivity index (χ1) is 9.25. The second kappa shape index (κ2) is 5.03. The van der Waals surface area contributed by atoms with Crippen molar-refractivity contribution >= 4 is 11.6 Å². The van der Waals surface area contributed by atoms with Crippen LogP contribution in [0.4, 0.5) is 27.6 Å². The van der Waals surface area contributed by atoms with Crippen molar-refractivity contribution in [3.05, 3.63) is 29.8 Å². The summed E-state index contributed by atoms with van der Waals surface area (Å²) in [6, 6.07) is 6.20. The second-order valence-corrected chi connectivity index (χ2v) is 4.61. The molecule has 20 heavy (non-hydrogen) atoms. The molecular formula is C13H12F5NO. The number of carbonyl (C=O) groups is 1. The Morgan fingerprint density at radius 3 is 2.35 bits per heavy atom. The Hall–Kier alpha value is -1.66. The van der Waals surface area contributed by atoms with E-state index in [9.17, 15) is 26.7 Å². The Balaban J connectivity index is 2.40. The van der Waals surface area contributed by atoms with Crippen molar-refractivity contribution < 1.29 is 26.7 Å². The summed E-state index contributed by atoms with van der Waals surface area (Å²) in [5.41, 5.74) is 0.746. The summed E-state index contributed by atoms with van der Waals surface area (Å²) < 4.78 is 63.4. The van der Waals surface area contributed by atoms with Crippen LogP contribution in [-0.4, -0.2) is 24.6 Å². The average Bonchev–Trinajstić information content (AvgIpc) is 2.58. The number of nitrogens with zero attached hydrogens (tertiary/aromatic N) is 1. The maximum atomic E-state index is 13.2. The largest absolute Gasteiger partial charge is 0.463 e. The Morgan fingerprint density at radius 1 is 1.05 bits per heavy atom. The lowest BCUT2D eigenvalue weighted by Gasteiger charge is -2.28. The summed E-state index contributed by atoms with van der Waals surface area (Å²) in [5.74, 6) is -7.58. The van der Waals surface area contributed by atoms with Crippen LogP contribution in [0.1, 0.15) is 18.4 Å². The average molecular weight is 293 g/mol. The lowest BCUT2D eigenvalue weighted by atomic mass is 10.1. The van der Waals surface area contributed by atoms with Crippen LogP contribution in [0, 0.1) is 0 Å². The zero-order valence-corrected chi connectivity index (χ0v) is 10.4. The maximum Gasteiger partial charge on any atom is 0.463 e. The van der Waals surface area contributed by atoms with Crippen molar-refractivity contribution in [1.29, 1.82) is 0 Å². The van der Waals surface area contributed by atoms with Crippen LogP contribution < -0.4 is 4.90 Å². The van der Waals surface area contributed by atoms with Gasteiger partial charge in [0, 0.05) is 12.2 Å². The number of hydrogen-bond donors (Lipinski definition) is 0. The van der Waals surface area contributed by atoms with Gasteiger partial charge in [0.2, 0.25) is 0 Å². The van der Waals surface area contributed by atoms with Crippen molar-refractivity contribution in [3.8, 4) is 0 Å². The van der Waals surface area contributed by atoms with Crippen LogP contribution in [0.3, 0.4) is 0 Å². The summed E-state index contributed by atoms with van der Waals surface area (Å²) in [6.07, 6.45) is -4.31. The van der Waals surface area contributed by atoms with Gasteiger partial charge in [0.1, 0.15) is 0 Å². The van der Waals surface area contributed by atoms with Crippen molar-refractivity contribution in [2.75, 3.05) is 11.4 Å². The molecule has 0 saturated heterocycles. The number of rotatable bonds is 1. The number of amides is 1. The molecule has 1 heterocycles. The van der Waals surface area contributed by atoms with Gasteiger partial charge in [-0.1, -0.05) is 18.2 Å². The lowest BCUT2D eigenvalue weighted by Crippen LogP contribution is -2.52. The highest BCUT2D eigenvalue weighted by Gasteiger charge is 2.64. The van der Waals surface area contributed by atoms with Crippen molar-refractivity contribution in [2.45, 2.75) is 31.4 Å². The van der Waals surface area contributed by atoms with E-state index in [-0.39, 0.29) is 12.2 Å². The van der Waals surface area contributed by atoms with E-state index in [1.165, 1.54) is 12.1 Å². The zero-order chi connectivity index (χ0) is 15.0. The smallest absolute Gasteiger partial charge is 0.307 e. The molecule has 0 radical (unpaired) electrons. The minimum atomic E-state index is -5.88. The molecule has 7 heteroatoms. The number of alkyl halides is 5. The third kappa shape index (κ3) is 2.48. The van der Waals surface area contributed by atoms with Gasteiger partial charge in [-0.25, -0.2) is 0 Å². The van der Waals surface area contributed by atoms with E-state index in [1.54, 1.807) is 12.1 Å². The van der Waals surface area contributed by atoms with Gasteiger partial charge in [0.25, 0.3) is 0 Å². The number of carbonyl (C=O) groups excluding carboxylic acids is 1. The Bertz CT molecular complexity index is 512. The van der Waals surface area contributed by atoms with Gasteiger partial charge >= 0.3 is 18.0 Å². The molecule has 0 aromatic heterocycles. The Morgan fingerprint density at radius 2 is 1.70 bits per heavy atom. The van der Waals surface area contributed by atoms with E-state index >= 15 is 0 Å². The number of para-hydroxylation sites is 1. The number of benzene rings is 1. The molecule has 110 valence electrons. The van der Waals surface area contributed by atoms with Gasteiger partial charge in [0.15, 0.2) is 0 Å². The van der Waals surface area contributed by atoms with Gasteiger partial charge in [-0.2, -0.15) is 22.0 Å². The third-order valence-corrected chi connectivity index (χ3v) is 3.23. The first-order valence-electron chi connectivity index (χ1n) is 6.09. The SMILES string of the molecule is O=C(N1CCCCc2ccccc21)C(F)(F)C(F)(F)F. The molecule has 0 atom stereocenters. The fraction of sp³-hybridized carbons (Fsp3) is 0.462. The van der Waals surface area contributed by atoms with Crippen molar-refractivity contribution in [3.63, 3.8) is 0 Å². The number of aryl methyl sites for hydroxylation is 1. The molecular weight excluding hydrogens is 281 g/mol. The highest BCUT2D eigenvalue weighted by molar-refractivity contribution is 5.99. The first-order valence-corrected chi connectivity index (χ1v) is 6.09. The molecule has 0 fully saturated rings. The predicted molar refractivity (Wildman–Crippen MR) is 62.7 cm³/mol. The van der Waals surface area contributed by atoms with Gasteiger partial charge in [-0.05, 0) is 30.9 Å². The summed E-state index contributed by atoms with van der Waals surface area (Å²) in [7, 11) is 0. The van der Waals surface area contributed by atoms with Crippen LogP contribution in [0.5, 0.6) is 0 Å². The maximum absolute atomic E-state index is 13.2. The van der Waals surface area contributed by atoms with Gasteiger partial charge in [-0.15, -0.1) is 0 Å². The van der Waals surface area contributed by atoms with E-state index in [4.69, 9.17) is 0 Å². The zero-order valence-electron chi connectivity index (χ0n) is 10.4. The summed E-state index contributed by atoms with van der Waals surface area (Å²) in [6.45, 7) is -0.137. The molecule has 2 rings (SSSR count). The number of hydrogen-bond acceptors (Lipinski definition) is 1. The van der Waals surface area contributed by atoms with E-state index in [0.717, 1.165) is 0 Å². The molecule has 1 aliphatic heterocycles. The first kappa shape index (κ1) is 14.7. The Labute approximate surface area is 112 Å². The van der Waals surface area contributed by atoms with E-state index < -0.39 is 18.0 Å². The van der Waals surface area contributed by atoms with Crippen LogP contribution in [-0.2, 0) is 11.2 Å². The fourth-order valence-corrected chi connectivity index (χ4v) is 2.19. The summed E-state index contributed by atoms with van der Waals surface area (Å²) >= 11 is 0. The number of halogens is 5. The molecule has 0 spiro atoms. The molecule has 1 aromatic rings. The minimum absolute atomic E-state index is 0.137. The van der Waals surface area contributed by atoms with Crippen molar-refractivity contribution in [2.24, 2.45) is 0 Å². The lowest BCUT2D eigenvalue weighted by molar-refractivity contribution is -0.268. The van der Waals surface area contributed by atoms with E-state index in [2.05, 4.69) is 0 Å². The highest BCUT2D eigenvalue weighted by Crippen LogP contribution is 2.39. The summed E-state index contributed by atoms with van der Waals surface area (Å²) in [4.78, 5) is 12.2. The van der Waals surface area contributed by atoms with E-state index in [1.807, 2.05) is 0 Å². The second-order valence-electron chi connectivity index (χ2n) is 4.61. The molecule has 1 aromatic carbocycles. The normalized spacial score (nSPS) is 16.6. The van der Waals surface area contributed by atoms with Crippen LogP contribution in [0.2, 0.25) is 0 Å². The molecule has 1 amide bonds. The van der Waals surface area contributed by atoms with Crippen LogP contribution in [0.15, 0.2) is 24.3 Å². The van der Waals surface area contributed by atoms with Gasteiger partial charge in [0.05, 0.1) is 0 Å². The Kier molecular flexibility index (Phi) is 3.71. The molecule has 0 N–H and O–H groups in total. The molecule has 1 aliphatic rings. The highest BCUT2D eigenvalue weighted by atomic mass is 19.4. The van der Waals surface area contributed by atoms with Gasteiger partial charge in [-0.3, -0.25) is 4.79 Å². The molecule has 0 bridgehead atoms. The molecule has 2 nitrogen and oxygen atoms in total. The minimum Gasteiger partial charge on any atom is -0.307 e. The van der Waals surface area contributed by atoms with Crippen LogP contribution >= 0.6 is 0 Å². The van der Waals surface area contributed by atoms with Gasteiger partial charge < -0.3 is 4.90 Å². The topological polar surface area (TPSA) is 20.3 Å². The summed E-state index contributed by atoms with van der Waals surface area (Å²) in [5, 5.41) is 0. The quantitative estimate of drug-likeness (QED) is 0.725. The van der Waals surface area contributed by atoms with E-state index in [0.29, 0.717) is 29.7 Å². The molecule has 0 aliphatic carbocycles. The molecule has 0 unspecified atom stereocenters. The molecule has 0 saturated carbocycles. The van der Waals surface area contributed by atoms with Crippen molar-refractivity contribution in [1.82, 2.24) is 0 Å². The third-order valence-electron chi connectivity index (χ3n) is 3.23. The van der Waals surface area contributed by atoms with Crippen LogP contribution in [0.25, 0.3) is 0 Å². The number of anilines is 1. The predicted octanol–water partition coefficient (Wildman–Crippen LogP) is 3.55. The fourth-order valence-electron chi connectivity index (χ4n) is 2.19. The standard InChI is InChI=1S/C13H12F5NO/c14-12(15,13(16,17)18)11(20)19-8-4-3-6-9-5-1-2-7-10(9)19/h1-2,5,7H,3-4,6,8H2. The monoisotopic (exact) mass is 293 g/mol. The number of fused-ring (bicyclic) bond motifs is 1.